The summed E-state index contributed by atoms with van der Waals surface area (Å²) in [5, 5.41) is 7.84. The fourth-order valence-electron chi connectivity index (χ4n) is 3.04. The van der Waals surface area contributed by atoms with Crippen LogP contribution < -0.4 is 5.32 Å². The molecular weight excluding hydrogens is 302 g/mol. The van der Waals surface area contributed by atoms with Crippen molar-refractivity contribution in [3.05, 3.63) is 22.4 Å². The van der Waals surface area contributed by atoms with Crippen LogP contribution in [-0.4, -0.2) is 33.0 Å². The van der Waals surface area contributed by atoms with Gasteiger partial charge >= 0.3 is 0 Å². The number of nitrogens with one attached hydrogen (secondary N) is 1. The van der Waals surface area contributed by atoms with Crippen LogP contribution in [0.25, 0.3) is 0 Å². The first-order valence-electron chi connectivity index (χ1n) is 7.88. The minimum atomic E-state index is -2.78. The van der Waals surface area contributed by atoms with Crippen LogP contribution in [0.3, 0.4) is 0 Å². The van der Waals surface area contributed by atoms with Gasteiger partial charge in [-0.05, 0) is 72.5 Å². The van der Waals surface area contributed by atoms with Crippen LogP contribution in [-0.2, 0) is 16.3 Å². The normalized spacial score (nSPS) is 22.7. The summed E-state index contributed by atoms with van der Waals surface area (Å²) in [6.07, 6.45) is 3.00. The maximum atomic E-state index is 11.7. The van der Waals surface area contributed by atoms with Gasteiger partial charge in [-0.25, -0.2) is 8.42 Å². The molecule has 2 unspecified atom stereocenters. The molecule has 3 nitrogen and oxygen atoms in total. The first kappa shape index (κ1) is 17.0. The second kappa shape index (κ2) is 7.75. The highest BCUT2D eigenvalue weighted by molar-refractivity contribution is 7.91. The lowest BCUT2D eigenvalue weighted by Crippen LogP contribution is -2.31. The lowest BCUT2D eigenvalue weighted by Gasteiger charge is -2.23. The third-order valence-electron chi connectivity index (χ3n) is 4.28. The molecule has 1 aliphatic heterocycles. The molecule has 120 valence electrons. The Labute approximate surface area is 133 Å². The van der Waals surface area contributed by atoms with Gasteiger partial charge in [0.15, 0.2) is 9.84 Å². The number of hydrogen-bond acceptors (Lipinski definition) is 4. The zero-order valence-electron chi connectivity index (χ0n) is 13.0. The molecule has 2 rings (SSSR count). The molecular formula is C16H27NO2S2. The van der Waals surface area contributed by atoms with E-state index in [4.69, 9.17) is 0 Å². The van der Waals surface area contributed by atoms with E-state index in [-0.39, 0.29) is 0 Å². The van der Waals surface area contributed by atoms with Crippen molar-refractivity contribution in [1.29, 1.82) is 0 Å². The van der Waals surface area contributed by atoms with E-state index in [2.05, 4.69) is 36.0 Å². The van der Waals surface area contributed by atoms with Crippen LogP contribution in [0.2, 0.25) is 0 Å². The fourth-order valence-corrected chi connectivity index (χ4v) is 5.67. The summed E-state index contributed by atoms with van der Waals surface area (Å²) >= 11 is 1.73. The third-order valence-corrected chi connectivity index (χ3v) is 6.80. The van der Waals surface area contributed by atoms with Crippen molar-refractivity contribution in [1.82, 2.24) is 5.32 Å². The zero-order valence-corrected chi connectivity index (χ0v) is 14.7. The highest BCUT2D eigenvalue weighted by Crippen LogP contribution is 2.29. The minimum Gasteiger partial charge on any atom is -0.316 e. The average Bonchev–Trinajstić information content (AvgIpc) is 3.02. The lowest BCUT2D eigenvalue weighted by atomic mass is 9.87. The second-order valence-electron chi connectivity index (χ2n) is 6.65. The van der Waals surface area contributed by atoms with Crippen LogP contribution >= 0.6 is 11.3 Å². The van der Waals surface area contributed by atoms with Crippen LogP contribution in [0.1, 0.15) is 32.3 Å². The van der Waals surface area contributed by atoms with Crippen molar-refractivity contribution in [2.24, 2.45) is 17.8 Å². The summed E-state index contributed by atoms with van der Waals surface area (Å²) in [4.78, 5) is 0. The maximum absolute atomic E-state index is 11.7. The molecule has 1 N–H and O–H groups in total. The van der Waals surface area contributed by atoms with Gasteiger partial charge in [-0.3, -0.25) is 0 Å². The SMILES string of the molecule is CC(C)CNCC(CCc1ccsc1)C1CCS(=O)(=O)C1. The van der Waals surface area contributed by atoms with E-state index < -0.39 is 9.84 Å². The Hall–Kier alpha value is -0.390. The van der Waals surface area contributed by atoms with Crippen LogP contribution in [0.4, 0.5) is 0 Å². The quantitative estimate of drug-likeness (QED) is 0.797. The van der Waals surface area contributed by atoms with Crippen molar-refractivity contribution in [2.45, 2.75) is 33.1 Å². The second-order valence-corrected chi connectivity index (χ2v) is 9.65. The Morgan fingerprint density at radius 1 is 1.38 bits per heavy atom. The molecule has 0 bridgehead atoms. The topological polar surface area (TPSA) is 46.2 Å². The Morgan fingerprint density at radius 2 is 2.19 bits per heavy atom. The summed E-state index contributed by atoms with van der Waals surface area (Å²) in [5.41, 5.74) is 1.38. The standard InChI is InChI=1S/C16H27NO2S2/c1-13(2)9-17-10-15(4-3-14-5-7-20-11-14)16-6-8-21(18,19)12-16/h5,7,11,13,15-17H,3-4,6,8-10,12H2,1-2H3. The van der Waals surface area contributed by atoms with Crippen molar-refractivity contribution in [3.63, 3.8) is 0 Å². The molecule has 5 heteroatoms. The van der Waals surface area contributed by atoms with E-state index in [1.165, 1.54) is 5.56 Å². The van der Waals surface area contributed by atoms with E-state index in [0.29, 0.717) is 29.3 Å². The molecule has 1 fully saturated rings. The Bertz CT molecular complexity index is 508. The number of aryl methyl sites for hydroxylation is 1. The fraction of sp³-hybridized carbons (Fsp3) is 0.750. The van der Waals surface area contributed by atoms with Gasteiger partial charge < -0.3 is 5.32 Å². The maximum Gasteiger partial charge on any atom is 0.150 e. The highest BCUT2D eigenvalue weighted by atomic mass is 32.2. The molecule has 1 aromatic heterocycles. The number of rotatable bonds is 8. The number of hydrogen-bond donors (Lipinski definition) is 1. The molecule has 1 saturated heterocycles. The predicted octanol–water partition coefficient (Wildman–Crippen LogP) is 2.98. The third kappa shape index (κ3) is 5.72. The average molecular weight is 330 g/mol. The Morgan fingerprint density at radius 3 is 2.76 bits per heavy atom. The smallest absolute Gasteiger partial charge is 0.150 e. The van der Waals surface area contributed by atoms with Gasteiger partial charge in [0.1, 0.15) is 0 Å². The number of sulfone groups is 1. The van der Waals surface area contributed by atoms with Gasteiger partial charge in [-0.2, -0.15) is 11.3 Å². The summed E-state index contributed by atoms with van der Waals surface area (Å²) in [5.74, 6) is 2.23. The Balaban J connectivity index is 1.89. The first-order valence-corrected chi connectivity index (χ1v) is 10.6. The van der Waals surface area contributed by atoms with E-state index in [0.717, 1.165) is 32.4 Å². The van der Waals surface area contributed by atoms with Crippen LogP contribution in [0.15, 0.2) is 16.8 Å². The Kier molecular flexibility index (Phi) is 6.26. The summed E-state index contributed by atoms with van der Waals surface area (Å²) in [7, 11) is -2.78. The largest absolute Gasteiger partial charge is 0.316 e. The van der Waals surface area contributed by atoms with Gasteiger partial charge in [-0.1, -0.05) is 13.8 Å². The summed E-state index contributed by atoms with van der Waals surface area (Å²) < 4.78 is 23.5. The summed E-state index contributed by atoms with van der Waals surface area (Å²) in [6.45, 7) is 6.36. The molecule has 2 heterocycles. The van der Waals surface area contributed by atoms with Crippen molar-refractivity contribution < 1.29 is 8.42 Å². The zero-order chi connectivity index (χ0) is 15.3. The monoisotopic (exact) mass is 329 g/mol. The molecule has 1 aliphatic rings. The van der Waals surface area contributed by atoms with Gasteiger partial charge in [0.05, 0.1) is 11.5 Å². The predicted molar refractivity (Wildman–Crippen MR) is 90.6 cm³/mol. The molecule has 21 heavy (non-hydrogen) atoms. The molecule has 1 aromatic rings. The van der Waals surface area contributed by atoms with E-state index in [1.807, 2.05) is 0 Å². The van der Waals surface area contributed by atoms with Gasteiger partial charge in [0, 0.05) is 0 Å². The van der Waals surface area contributed by atoms with Gasteiger partial charge in [0.25, 0.3) is 0 Å². The van der Waals surface area contributed by atoms with E-state index in [1.54, 1.807) is 11.3 Å². The molecule has 0 radical (unpaired) electrons. The number of thiophene rings is 1. The van der Waals surface area contributed by atoms with Crippen molar-refractivity contribution in [3.8, 4) is 0 Å². The van der Waals surface area contributed by atoms with Crippen molar-refractivity contribution in [2.75, 3.05) is 24.6 Å². The molecule has 0 spiro atoms. The molecule has 0 aromatic carbocycles. The first-order chi connectivity index (χ1) is 9.96. The molecule has 0 aliphatic carbocycles. The van der Waals surface area contributed by atoms with Crippen LogP contribution in [0, 0.1) is 17.8 Å². The van der Waals surface area contributed by atoms with E-state index in [9.17, 15) is 8.42 Å². The van der Waals surface area contributed by atoms with Crippen LogP contribution in [0.5, 0.6) is 0 Å². The van der Waals surface area contributed by atoms with Crippen molar-refractivity contribution >= 4 is 21.2 Å². The molecule has 0 amide bonds. The van der Waals surface area contributed by atoms with Gasteiger partial charge in [0.2, 0.25) is 0 Å². The highest BCUT2D eigenvalue weighted by Gasteiger charge is 2.33. The molecule has 0 saturated carbocycles. The lowest BCUT2D eigenvalue weighted by molar-refractivity contribution is 0.320. The van der Waals surface area contributed by atoms with E-state index >= 15 is 0 Å². The molecule has 2 atom stereocenters. The van der Waals surface area contributed by atoms with Gasteiger partial charge in [-0.15, -0.1) is 0 Å². The summed E-state index contributed by atoms with van der Waals surface area (Å²) in [6, 6.07) is 2.18. The minimum absolute atomic E-state index is 0.341.